The Labute approximate surface area is 111 Å². The molecular weight excluding hydrogens is 242 g/mol. The number of carbonyl (C=O) groups is 1. The number of hydrogen-bond acceptors (Lipinski definition) is 2. The normalized spacial score (nSPS) is 11.2. The van der Waals surface area contributed by atoms with E-state index in [0.717, 1.165) is 16.5 Å². The second kappa shape index (κ2) is 4.88. The van der Waals surface area contributed by atoms with E-state index in [1.54, 1.807) is 22.8 Å². The van der Waals surface area contributed by atoms with Crippen molar-refractivity contribution >= 4 is 16.9 Å². The lowest BCUT2D eigenvalue weighted by atomic mass is 9.96. The molecule has 0 amide bonds. The number of aromatic carboxylic acids is 1. The molecular formula is C15H17NO3. The van der Waals surface area contributed by atoms with Gasteiger partial charge in [0.05, 0.1) is 11.1 Å². The van der Waals surface area contributed by atoms with Gasteiger partial charge in [-0.15, -0.1) is 0 Å². The van der Waals surface area contributed by atoms with Crippen LogP contribution in [0.1, 0.15) is 42.6 Å². The summed E-state index contributed by atoms with van der Waals surface area (Å²) in [5.74, 6) is -0.792. The van der Waals surface area contributed by atoms with Crippen molar-refractivity contribution in [3.63, 3.8) is 0 Å². The first kappa shape index (κ1) is 13.3. The molecule has 2 aromatic rings. The molecule has 1 aromatic carbocycles. The smallest absolute Gasteiger partial charge is 0.335 e. The number of aromatic nitrogens is 1. The molecule has 1 heterocycles. The summed E-state index contributed by atoms with van der Waals surface area (Å²) in [5, 5.41) is 9.96. The molecule has 100 valence electrons. The zero-order valence-electron chi connectivity index (χ0n) is 11.3. The maximum absolute atomic E-state index is 11.9. The molecule has 1 aromatic heterocycles. The van der Waals surface area contributed by atoms with Crippen molar-refractivity contribution in [2.45, 2.75) is 33.2 Å². The van der Waals surface area contributed by atoms with E-state index < -0.39 is 5.97 Å². The van der Waals surface area contributed by atoms with Crippen LogP contribution in [0.3, 0.4) is 0 Å². The molecule has 0 saturated carbocycles. The van der Waals surface area contributed by atoms with Crippen molar-refractivity contribution in [1.82, 2.24) is 4.57 Å². The van der Waals surface area contributed by atoms with Gasteiger partial charge in [-0.25, -0.2) is 4.79 Å². The highest BCUT2D eigenvalue weighted by Gasteiger charge is 2.14. The summed E-state index contributed by atoms with van der Waals surface area (Å²) in [5.41, 5.74) is 1.95. The van der Waals surface area contributed by atoms with Crippen molar-refractivity contribution in [1.29, 1.82) is 0 Å². The molecule has 0 bridgehead atoms. The first-order valence-electron chi connectivity index (χ1n) is 6.36. The summed E-state index contributed by atoms with van der Waals surface area (Å²) in [6.07, 6.45) is 0. The van der Waals surface area contributed by atoms with Crippen LogP contribution in [0.4, 0.5) is 0 Å². The van der Waals surface area contributed by atoms with Gasteiger partial charge in [0.1, 0.15) is 0 Å². The summed E-state index contributed by atoms with van der Waals surface area (Å²) in [7, 11) is 0. The van der Waals surface area contributed by atoms with Gasteiger partial charge in [-0.1, -0.05) is 13.8 Å². The first-order chi connectivity index (χ1) is 8.95. The third-order valence-electron chi connectivity index (χ3n) is 3.30. The quantitative estimate of drug-likeness (QED) is 0.922. The first-order valence-corrected chi connectivity index (χ1v) is 6.36. The molecule has 0 fully saturated rings. The van der Waals surface area contributed by atoms with Gasteiger partial charge in [-0.2, -0.15) is 0 Å². The Bertz CT molecular complexity index is 698. The molecule has 0 aliphatic rings. The Morgan fingerprint density at radius 2 is 2.00 bits per heavy atom. The van der Waals surface area contributed by atoms with Crippen molar-refractivity contribution in [2.75, 3.05) is 0 Å². The number of fused-ring (bicyclic) bond motifs is 1. The Kier molecular flexibility index (Phi) is 3.42. The van der Waals surface area contributed by atoms with Gasteiger partial charge in [0.25, 0.3) is 5.56 Å². The van der Waals surface area contributed by atoms with Crippen LogP contribution in [-0.2, 0) is 6.54 Å². The number of aryl methyl sites for hydroxylation is 1. The van der Waals surface area contributed by atoms with Crippen LogP contribution >= 0.6 is 0 Å². The standard InChI is InChI=1S/C15H17NO3/c1-4-16-13(17)6-5-10-7-11(15(18)19)8-12(9(2)3)14(10)16/h5-9H,4H2,1-3H3,(H,18,19). The largest absolute Gasteiger partial charge is 0.478 e. The number of benzene rings is 1. The number of carboxylic acid groups (broad SMARTS) is 1. The van der Waals surface area contributed by atoms with Gasteiger partial charge < -0.3 is 9.67 Å². The molecule has 0 aliphatic carbocycles. The zero-order valence-corrected chi connectivity index (χ0v) is 11.3. The molecule has 0 spiro atoms. The molecule has 0 aliphatic heterocycles. The predicted molar refractivity (Wildman–Crippen MR) is 74.9 cm³/mol. The Balaban J connectivity index is 2.95. The SMILES string of the molecule is CCn1c(=O)ccc2cc(C(=O)O)cc(C(C)C)c21. The van der Waals surface area contributed by atoms with Gasteiger partial charge in [0.15, 0.2) is 0 Å². The summed E-state index contributed by atoms with van der Waals surface area (Å²) >= 11 is 0. The lowest BCUT2D eigenvalue weighted by Crippen LogP contribution is -2.19. The number of pyridine rings is 1. The zero-order chi connectivity index (χ0) is 14.2. The van der Waals surface area contributed by atoms with E-state index in [1.165, 1.54) is 6.07 Å². The maximum atomic E-state index is 11.9. The lowest BCUT2D eigenvalue weighted by Gasteiger charge is -2.16. The fourth-order valence-corrected chi connectivity index (χ4v) is 2.36. The van der Waals surface area contributed by atoms with Crippen molar-refractivity contribution < 1.29 is 9.90 Å². The summed E-state index contributed by atoms with van der Waals surface area (Å²) in [4.78, 5) is 23.1. The Morgan fingerprint density at radius 3 is 2.53 bits per heavy atom. The fourth-order valence-electron chi connectivity index (χ4n) is 2.36. The highest BCUT2D eigenvalue weighted by atomic mass is 16.4. The van der Waals surface area contributed by atoms with Gasteiger partial charge in [0.2, 0.25) is 0 Å². The number of rotatable bonds is 3. The van der Waals surface area contributed by atoms with Crippen LogP contribution < -0.4 is 5.56 Å². The van der Waals surface area contributed by atoms with Gasteiger partial charge in [0, 0.05) is 12.6 Å². The van der Waals surface area contributed by atoms with E-state index >= 15 is 0 Å². The van der Waals surface area contributed by atoms with Crippen molar-refractivity contribution in [3.05, 3.63) is 45.7 Å². The highest BCUT2D eigenvalue weighted by Crippen LogP contribution is 2.26. The Hall–Kier alpha value is -2.10. The third-order valence-corrected chi connectivity index (χ3v) is 3.30. The average Bonchev–Trinajstić information content (AvgIpc) is 2.37. The molecule has 1 N–H and O–H groups in total. The van der Waals surface area contributed by atoms with Gasteiger partial charge in [-0.05, 0) is 42.0 Å². The molecule has 0 atom stereocenters. The minimum Gasteiger partial charge on any atom is -0.478 e. The minimum absolute atomic E-state index is 0.0556. The molecule has 0 saturated heterocycles. The number of nitrogens with zero attached hydrogens (tertiary/aromatic N) is 1. The molecule has 2 rings (SSSR count). The van der Waals surface area contributed by atoms with E-state index in [1.807, 2.05) is 20.8 Å². The third kappa shape index (κ3) is 2.26. The summed E-state index contributed by atoms with van der Waals surface area (Å²) in [6, 6.07) is 6.47. The number of carboxylic acids is 1. The van der Waals surface area contributed by atoms with Crippen LogP contribution in [0, 0.1) is 0 Å². The van der Waals surface area contributed by atoms with Crippen LogP contribution in [0.25, 0.3) is 10.9 Å². The predicted octanol–water partition coefficient (Wildman–Crippen LogP) is 2.84. The Morgan fingerprint density at radius 1 is 1.32 bits per heavy atom. The lowest BCUT2D eigenvalue weighted by molar-refractivity contribution is 0.0697. The fraction of sp³-hybridized carbons (Fsp3) is 0.333. The monoisotopic (exact) mass is 259 g/mol. The van der Waals surface area contributed by atoms with E-state index in [2.05, 4.69) is 0 Å². The molecule has 0 unspecified atom stereocenters. The molecule has 4 nitrogen and oxygen atoms in total. The molecule has 4 heteroatoms. The second-order valence-corrected chi connectivity index (χ2v) is 4.88. The maximum Gasteiger partial charge on any atom is 0.335 e. The van der Waals surface area contributed by atoms with E-state index in [0.29, 0.717) is 6.54 Å². The van der Waals surface area contributed by atoms with E-state index in [9.17, 15) is 9.59 Å². The van der Waals surface area contributed by atoms with Crippen LogP contribution in [-0.4, -0.2) is 15.6 Å². The summed E-state index contributed by atoms with van der Waals surface area (Å²) < 4.78 is 1.69. The minimum atomic E-state index is -0.946. The van der Waals surface area contributed by atoms with Crippen molar-refractivity contribution in [2.24, 2.45) is 0 Å². The number of hydrogen-bond donors (Lipinski definition) is 1. The topological polar surface area (TPSA) is 59.3 Å². The molecule has 0 radical (unpaired) electrons. The van der Waals surface area contributed by atoms with Gasteiger partial charge >= 0.3 is 5.97 Å². The van der Waals surface area contributed by atoms with E-state index in [4.69, 9.17) is 5.11 Å². The van der Waals surface area contributed by atoms with Crippen LogP contribution in [0.2, 0.25) is 0 Å². The summed E-state index contributed by atoms with van der Waals surface area (Å²) in [6.45, 7) is 6.48. The second-order valence-electron chi connectivity index (χ2n) is 4.88. The average molecular weight is 259 g/mol. The van der Waals surface area contributed by atoms with Crippen LogP contribution in [0.15, 0.2) is 29.1 Å². The van der Waals surface area contributed by atoms with Gasteiger partial charge in [-0.3, -0.25) is 4.79 Å². The van der Waals surface area contributed by atoms with Crippen molar-refractivity contribution in [3.8, 4) is 0 Å². The molecule has 19 heavy (non-hydrogen) atoms. The van der Waals surface area contributed by atoms with Crippen LogP contribution in [0.5, 0.6) is 0 Å². The van der Waals surface area contributed by atoms with E-state index in [-0.39, 0.29) is 17.0 Å². The highest BCUT2D eigenvalue weighted by molar-refractivity contribution is 5.95.